The van der Waals surface area contributed by atoms with Crippen molar-refractivity contribution in [2.75, 3.05) is 52.9 Å². The van der Waals surface area contributed by atoms with Crippen LogP contribution in [0.25, 0.3) is 44.5 Å². The number of halogens is 20. The number of unbranched alkanes of at least 4 members (excludes halogenated alkanes) is 3. The monoisotopic (exact) mass is 1940 g/mol. The average Bonchev–Trinajstić information content (AvgIpc) is 0.813. The van der Waals surface area contributed by atoms with Gasteiger partial charge in [-0.25, -0.2) is 87.8 Å². The molecule has 4 fully saturated rings. The van der Waals surface area contributed by atoms with Crippen LogP contribution in [0.4, 0.5) is 87.8 Å². The lowest BCUT2D eigenvalue weighted by Crippen LogP contribution is -2.27. The highest BCUT2D eigenvalue weighted by molar-refractivity contribution is 5.68. The van der Waals surface area contributed by atoms with Crippen molar-refractivity contribution in [2.24, 2.45) is 23.7 Å². The van der Waals surface area contributed by atoms with E-state index in [9.17, 15) is 87.8 Å². The molecular formula is C106H96F20O12. The molecule has 0 aromatic heterocycles. The quantitative estimate of drug-likeness (QED) is 0.0243. The number of hydrogen-bond acceptors (Lipinski definition) is 12. The Labute approximate surface area is 783 Å². The molecule has 4 aliphatic heterocycles. The minimum atomic E-state index is -1.63. The van der Waals surface area contributed by atoms with Crippen LogP contribution in [0.15, 0.2) is 194 Å². The van der Waals surface area contributed by atoms with Gasteiger partial charge < -0.3 is 56.8 Å². The molecule has 0 aliphatic carbocycles. The van der Waals surface area contributed by atoms with E-state index in [1.54, 1.807) is 97.1 Å². The van der Waals surface area contributed by atoms with Crippen LogP contribution in [0.5, 0.6) is 23.0 Å². The summed E-state index contributed by atoms with van der Waals surface area (Å²) in [6.07, 6.45) is 9.10. The first kappa shape index (κ1) is 103. The smallest absolute Gasteiger partial charge is 0.194 e. The Hall–Kier alpha value is -11.9. The first-order valence-electron chi connectivity index (χ1n) is 44.8. The molecule has 0 radical (unpaired) electrons. The Kier molecular flexibility index (Phi) is 36.8. The van der Waals surface area contributed by atoms with E-state index in [0.717, 1.165) is 122 Å². The van der Waals surface area contributed by atoms with Gasteiger partial charge in [-0.05, 0) is 190 Å². The van der Waals surface area contributed by atoms with Gasteiger partial charge in [0.2, 0.25) is 0 Å². The molecule has 138 heavy (non-hydrogen) atoms. The molecular weight excluding hydrogens is 1850 g/mol. The molecule has 0 atom stereocenters. The topological polar surface area (TPSA) is 111 Å². The highest BCUT2D eigenvalue weighted by atomic mass is 19.2. The lowest BCUT2D eigenvalue weighted by molar-refractivity contribution is -0.206. The summed E-state index contributed by atoms with van der Waals surface area (Å²) >= 11 is 0. The van der Waals surface area contributed by atoms with Crippen LogP contribution < -0.4 is 18.9 Å². The van der Waals surface area contributed by atoms with E-state index in [0.29, 0.717) is 147 Å². The zero-order valence-electron chi connectivity index (χ0n) is 75.1. The summed E-state index contributed by atoms with van der Waals surface area (Å²) in [5.41, 5.74) is 6.17. The molecule has 4 heterocycles. The second kappa shape index (κ2) is 49.1. The maximum Gasteiger partial charge on any atom is 0.194 e. The molecule has 16 rings (SSSR count). The molecule has 0 unspecified atom stereocenters. The Balaban J connectivity index is 0.000000155. The zero-order valence-corrected chi connectivity index (χ0v) is 75.1. The van der Waals surface area contributed by atoms with E-state index in [-0.39, 0.29) is 44.5 Å². The van der Waals surface area contributed by atoms with Gasteiger partial charge in [0.25, 0.3) is 0 Å². The predicted octanol–water partition coefficient (Wildman–Crippen LogP) is 29.1. The Morgan fingerprint density at radius 3 is 0.601 bits per heavy atom. The van der Waals surface area contributed by atoms with Crippen molar-refractivity contribution in [3.05, 3.63) is 355 Å². The third-order valence-corrected chi connectivity index (χ3v) is 23.1. The van der Waals surface area contributed by atoms with Gasteiger partial charge in [-0.3, -0.25) is 0 Å². The van der Waals surface area contributed by atoms with Gasteiger partial charge in [0.1, 0.15) is 26.4 Å². The lowest BCUT2D eigenvalue weighted by atomic mass is 10.0. The molecule has 4 aliphatic rings. The molecule has 0 bridgehead atoms. The first-order chi connectivity index (χ1) is 66.4. The van der Waals surface area contributed by atoms with Crippen molar-refractivity contribution in [2.45, 2.75) is 143 Å². The maximum atomic E-state index is 14.6. The Morgan fingerprint density at radius 2 is 0.406 bits per heavy atom. The van der Waals surface area contributed by atoms with Gasteiger partial charge in [0.05, 0.1) is 52.9 Å². The predicted molar refractivity (Wildman–Crippen MR) is 471 cm³/mol. The molecule has 0 amide bonds. The number of rotatable bonds is 30. The minimum Gasteiger partial charge on any atom is -0.483 e. The lowest BCUT2D eigenvalue weighted by Gasteiger charge is -2.29. The molecule has 0 spiro atoms. The molecule has 12 nitrogen and oxygen atoms in total. The summed E-state index contributed by atoms with van der Waals surface area (Å²) in [4.78, 5) is 0. The van der Waals surface area contributed by atoms with Crippen LogP contribution in [-0.2, 0) is 64.3 Å². The van der Waals surface area contributed by atoms with E-state index in [2.05, 4.69) is 27.7 Å². The fraction of sp³-hybridized carbons (Fsp3) is 0.321. The van der Waals surface area contributed by atoms with E-state index < -0.39 is 191 Å². The van der Waals surface area contributed by atoms with Crippen molar-refractivity contribution in [1.82, 2.24) is 0 Å². The van der Waals surface area contributed by atoms with Gasteiger partial charge in [0.15, 0.2) is 165 Å². The van der Waals surface area contributed by atoms with Crippen LogP contribution in [0.2, 0.25) is 0 Å². The van der Waals surface area contributed by atoms with Crippen molar-refractivity contribution in [3.63, 3.8) is 0 Å². The molecule has 12 aromatic rings. The average molecular weight is 1940 g/mol. The highest BCUT2D eigenvalue weighted by Gasteiger charge is 2.31. The van der Waals surface area contributed by atoms with Crippen molar-refractivity contribution >= 4 is 0 Å². The van der Waals surface area contributed by atoms with Gasteiger partial charge in [-0.1, -0.05) is 163 Å². The molecule has 12 aromatic carbocycles. The van der Waals surface area contributed by atoms with Gasteiger partial charge in [0, 0.05) is 45.9 Å². The van der Waals surface area contributed by atoms with Crippen LogP contribution >= 0.6 is 0 Å². The first-order valence-corrected chi connectivity index (χ1v) is 44.8. The largest absolute Gasteiger partial charge is 0.483 e. The van der Waals surface area contributed by atoms with Crippen molar-refractivity contribution in [1.29, 1.82) is 0 Å². The van der Waals surface area contributed by atoms with Gasteiger partial charge in [-0.15, -0.1) is 0 Å². The van der Waals surface area contributed by atoms with E-state index >= 15 is 0 Å². The molecule has 32 heteroatoms. The summed E-state index contributed by atoms with van der Waals surface area (Å²) in [5, 5.41) is 0. The summed E-state index contributed by atoms with van der Waals surface area (Å²) in [6.45, 7) is 11.3. The summed E-state index contributed by atoms with van der Waals surface area (Å²) in [7, 11) is 0. The number of hydrogen-bond donors (Lipinski definition) is 0. The Bertz CT molecular complexity index is 5880. The molecule has 0 saturated carbocycles. The fourth-order valence-electron chi connectivity index (χ4n) is 15.4. The fourth-order valence-corrected chi connectivity index (χ4v) is 15.4. The number of ether oxygens (including phenoxy) is 12. The van der Waals surface area contributed by atoms with Crippen LogP contribution in [-0.4, -0.2) is 52.9 Å². The summed E-state index contributed by atoms with van der Waals surface area (Å²) < 4.78 is 342. The molecule has 732 valence electrons. The zero-order chi connectivity index (χ0) is 98.4. The maximum absolute atomic E-state index is 14.6. The SMILES string of the molecule is CCC1COC(c2ccc(-c3cc(F)c(OCc4cc(F)c(F)c(F)c4)c(F)c3)cc2)OC1.CCCC1COC(c2ccc(-c3cc(F)c(OCc4cc(F)c(F)c(F)c4)c(F)c3)cc2)OC1.CCCCC1COC(c2ccc(-c3cc(F)c(OCc4cc(F)c(F)c(F)c4)c(F)c3)cc2)OC1.CCCCCC1COC(c2ccc(-c3cc(F)c(OCc4cc(F)c(F)c(F)c4)c(F)c3)cc2)OC1. The van der Waals surface area contributed by atoms with Crippen LogP contribution in [0.3, 0.4) is 0 Å². The van der Waals surface area contributed by atoms with Crippen LogP contribution in [0, 0.1) is 140 Å². The number of benzene rings is 12. The van der Waals surface area contributed by atoms with Gasteiger partial charge >= 0.3 is 0 Å². The molecule has 4 saturated heterocycles. The second-order valence-electron chi connectivity index (χ2n) is 33.5. The standard InChI is InChI=1S/C28H27F5O3.C27H25F5O3.C26H23F5O3.C25H21F5O3/c1-2-3-4-5-17-14-35-28(36-15-17)20-8-6-19(7-9-20)21-12-24(31)27(25(32)13-21)34-16-18-10-22(29)26(33)23(30)11-18;1-2-3-4-16-13-34-27(35-14-16)19-7-5-18(6-8-19)20-11-23(30)26(24(31)12-20)33-15-17-9-21(28)25(32)22(29)10-17;1-2-3-15-12-33-26(34-13-15)18-6-4-17(5-7-18)19-10-22(29)25(23(30)11-19)32-14-16-8-20(27)24(31)21(28)9-16;1-2-14-11-32-25(33-12-14)17-5-3-16(4-6-17)18-9-21(28)24(22(29)10-18)31-13-15-7-19(26)23(30)20(27)8-15/h6-13,17,28H,2-5,14-16H2,1H3;5-12,16,27H,2-4,13-15H2,1H3;4-11,15,26H,2-3,12-14H2,1H3;3-10,14,25H,2,11-13H2,1H3. The van der Waals surface area contributed by atoms with E-state index in [1.807, 2.05) is 0 Å². The summed E-state index contributed by atoms with van der Waals surface area (Å²) in [5.74, 6) is -26.9. The highest BCUT2D eigenvalue weighted by Crippen LogP contribution is 2.40. The third kappa shape index (κ3) is 27.4. The van der Waals surface area contributed by atoms with Gasteiger partial charge in [-0.2, -0.15) is 0 Å². The van der Waals surface area contributed by atoms with E-state index in [1.165, 1.54) is 12.8 Å². The third-order valence-electron chi connectivity index (χ3n) is 23.1. The summed E-state index contributed by atoms with van der Waals surface area (Å²) in [6, 6.07) is 42.3. The van der Waals surface area contributed by atoms with Crippen molar-refractivity contribution in [3.8, 4) is 67.5 Å². The normalized spacial score (nSPS) is 18.1. The molecule has 0 N–H and O–H groups in total. The Morgan fingerprint density at radius 1 is 0.210 bits per heavy atom. The van der Waals surface area contributed by atoms with E-state index in [4.69, 9.17) is 56.8 Å². The van der Waals surface area contributed by atoms with Crippen LogP contribution in [0.1, 0.15) is 162 Å². The van der Waals surface area contributed by atoms with Crippen molar-refractivity contribution < 1.29 is 145 Å². The minimum absolute atomic E-state index is 0.107. The second-order valence-corrected chi connectivity index (χ2v) is 33.5.